The fourth-order valence-corrected chi connectivity index (χ4v) is 6.80. The first-order chi connectivity index (χ1) is 12.3. The predicted octanol–water partition coefficient (Wildman–Crippen LogP) is 3.15. The molecule has 5 rings (SSSR count). The highest BCUT2D eigenvalue weighted by atomic mass is 32.2. The molecule has 8 heteroatoms. The minimum Gasteiger partial charge on any atom is -0.290 e. The van der Waals surface area contributed by atoms with Gasteiger partial charge in [0.1, 0.15) is 4.90 Å². The summed E-state index contributed by atoms with van der Waals surface area (Å²) in [7, 11) is -7.70. The number of rotatable bonds is 0. The number of para-hydroxylation sites is 1. The molecule has 0 radical (unpaired) electrons. The van der Waals surface area contributed by atoms with E-state index >= 15 is 0 Å². The van der Waals surface area contributed by atoms with Crippen LogP contribution in [0.15, 0.2) is 74.3 Å². The summed E-state index contributed by atoms with van der Waals surface area (Å²) in [5.41, 5.74) is 1.43. The van der Waals surface area contributed by atoms with Gasteiger partial charge >= 0.3 is 0 Å². The van der Waals surface area contributed by atoms with Crippen molar-refractivity contribution in [3.63, 3.8) is 0 Å². The Morgan fingerprint density at radius 1 is 0.808 bits per heavy atom. The van der Waals surface area contributed by atoms with Crippen molar-refractivity contribution in [3.8, 4) is 0 Å². The van der Waals surface area contributed by atoms with Gasteiger partial charge in [-0.15, -0.1) is 0 Å². The lowest BCUT2D eigenvalue weighted by Gasteiger charge is -2.37. The molecule has 0 fully saturated rings. The molecule has 2 aliphatic rings. The molecule has 0 unspecified atom stereocenters. The van der Waals surface area contributed by atoms with Crippen molar-refractivity contribution in [2.24, 2.45) is 0 Å². The van der Waals surface area contributed by atoms with Crippen LogP contribution in [0.25, 0.3) is 0 Å². The number of benzene rings is 2. The van der Waals surface area contributed by atoms with Crippen molar-refractivity contribution in [2.75, 3.05) is 4.90 Å². The van der Waals surface area contributed by atoms with Crippen LogP contribution in [-0.4, -0.2) is 21.8 Å². The number of hydrogen-bond donors (Lipinski definition) is 0. The first-order valence-corrected chi connectivity index (χ1v) is 10.8. The van der Waals surface area contributed by atoms with Gasteiger partial charge in [-0.1, -0.05) is 12.1 Å². The Bertz CT molecular complexity index is 1310. The molecule has 0 N–H and O–H groups in total. The minimum absolute atomic E-state index is 0.0220. The van der Waals surface area contributed by atoms with Gasteiger partial charge in [-0.3, -0.25) is 4.90 Å². The van der Waals surface area contributed by atoms with Crippen LogP contribution in [0.5, 0.6) is 0 Å². The lowest BCUT2D eigenvalue weighted by atomic mass is 10.1. The molecule has 3 aromatic rings. The van der Waals surface area contributed by atoms with Crippen LogP contribution in [0.2, 0.25) is 0 Å². The van der Waals surface area contributed by atoms with E-state index in [0.29, 0.717) is 5.69 Å². The number of pyridine rings is 1. The van der Waals surface area contributed by atoms with Gasteiger partial charge in [-0.2, -0.15) is 0 Å². The molecule has 6 nitrogen and oxygen atoms in total. The van der Waals surface area contributed by atoms with E-state index in [4.69, 9.17) is 0 Å². The predicted molar refractivity (Wildman–Crippen MR) is 94.6 cm³/mol. The van der Waals surface area contributed by atoms with Crippen LogP contribution in [0, 0.1) is 6.92 Å². The van der Waals surface area contributed by atoms with E-state index in [1.165, 1.54) is 30.5 Å². The highest BCUT2D eigenvalue weighted by Crippen LogP contribution is 2.55. The van der Waals surface area contributed by atoms with E-state index in [9.17, 15) is 16.8 Å². The molecule has 0 aliphatic carbocycles. The van der Waals surface area contributed by atoms with Gasteiger partial charge in [0.25, 0.3) is 0 Å². The Morgan fingerprint density at radius 3 is 2.19 bits per heavy atom. The minimum atomic E-state index is -3.86. The first kappa shape index (κ1) is 15.5. The third kappa shape index (κ3) is 1.72. The number of aryl methyl sites for hydroxylation is 1. The fraction of sp³-hybridized carbons (Fsp3) is 0.0556. The normalized spacial score (nSPS) is 17.8. The lowest BCUT2D eigenvalue weighted by Crippen LogP contribution is -2.29. The Balaban J connectivity index is 2.04. The molecule has 2 aliphatic heterocycles. The average molecular weight is 384 g/mol. The summed E-state index contributed by atoms with van der Waals surface area (Å²) in [6.07, 6.45) is 1.50. The van der Waals surface area contributed by atoms with Gasteiger partial charge in [0.2, 0.25) is 19.7 Å². The molecular formula is C18H12N2O4S2. The lowest BCUT2D eigenvalue weighted by molar-refractivity contribution is 0.590. The third-order valence-electron chi connectivity index (χ3n) is 4.66. The van der Waals surface area contributed by atoms with Gasteiger partial charge in [-0.05, 0) is 48.9 Å². The Morgan fingerprint density at radius 2 is 1.46 bits per heavy atom. The number of nitrogens with zero attached hydrogens (tertiary/aromatic N) is 2. The SMILES string of the molecule is Cc1ccc2c(c1)N1c3ncccc3S(=O)(=O)c3cccc(c31)S2(=O)=O. The fourth-order valence-electron chi connectivity index (χ4n) is 3.52. The van der Waals surface area contributed by atoms with Crippen molar-refractivity contribution >= 4 is 36.9 Å². The zero-order valence-corrected chi connectivity index (χ0v) is 15.2. The Labute approximate surface area is 150 Å². The Hall–Kier alpha value is -2.71. The van der Waals surface area contributed by atoms with Crippen molar-refractivity contribution in [3.05, 3.63) is 60.3 Å². The number of sulfone groups is 2. The summed E-state index contributed by atoms with van der Waals surface area (Å²) in [5.74, 6) is 0.217. The van der Waals surface area contributed by atoms with E-state index in [0.717, 1.165) is 5.56 Å². The number of anilines is 3. The molecule has 0 saturated carbocycles. The maximum Gasteiger partial charge on any atom is 0.212 e. The highest BCUT2D eigenvalue weighted by Gasteiger charge is 2.44. The smallest absolute Gasteiger partial charge is 0.212 e. The van der Waals surface area contributed by atoms with Gasteiger partial charge in [-0.25, -0.2) is 21.8 Å². The first-order valence-electron chi connectivity index (χ1n) is 7.82. The summed E-state index contributed by atoms with van der Waals surface area (Å²) < 4.78 is 52.4. The van der Waals surface area contributed by atoms with Crippen LogP contribution in [-0.2, 0) is 19.7 Å². The summed E-state index contributed by atoms with van der Waals surface area (Å²) in [4.78, 5) is 6.08. The maximum atomic E-state index is 13.1. The molecule has 1 aromatic heterocycles. The van der Waals surface area contributed by atoms with Crippen LogP contribution in [0.1, 0.15) is 5.56 Å². The molecule has 2 aromatic carbocycles. The average Bonchev–Trinajstić information content (AvgIpc) is 2.61. The second-order valence-corrected chi connectivity index (χ2v) is 10.0. The van der Waals surface area contributed by atoms with Gasteiger partial charge < -0.3 is 0 Å². The monoisotopic (exact) mass is 384 g/mol. The number of aromatic nitrogens is 1. The summed E-state index contributed by atoms with van der Waals surface area (Å²) in [6, 6.07) is 12.4. The van der Waals surface area contributed by atoms with Crippen molar-refractivity contribution in [1.29, 1.82) is 0 Å². The quantitative estimate of drug-likeness (QED) is 0.408. The van der Waals surface area contributed by atoms with Crippen LogP contribution in [0.4, 0.5) is 17.2 Å². The third-order valence-corrected chi connectivity index (χ3v) is 8.30. The topological polar surface area (TPSA) is 84.4 Å². The van der Waals surface area contributed by atoms with E-state index in [1.54, 1.807) is 29.2 Å². The van der Waals surface area contributed by atoms with Gasteiger partial charge in [0.05, 0.1) is 26.1 Å². The largest absolute Gasteiger partial charge is 0.290 e. The van der Waals surface area contributed by atoms with Crippen LogP contribution >= 0.6 is 0 Å². The van der Waals surface area contributed by atoms with E-state index < -0.39 is 19.7 Å². The number of hydrogen-bond acceptors (Lipinski definition) is 6. The standard InChI is InChI=1S/C18H12N2O4S2/c1-11-7-8-13-12(10-11)20-17-14(25(13,21)22)4-2-5-15(17)26(23,24)16-6-3-9-19-18(16)20/h2-10H,1H3. The second kappa shape index (κ2) is 4.72. The summed E-state index contributed by atoms with van der Waals surface area (Å²) >= 11 is 0. The molecule has 3 heterocycles. The molecule has 130 valence electrons. The summed E-state index contributed by atoms with van der Waals surface area (Å²) in [6.45, 7) is 1.86. The second-order valence-electron chi connectivity index (χ2n) is 6.24. The molecule has 0 bridgehead atoms. The summed E-state index contributed by atoms with van der Waals surface area (Å²) in [5, 5.41) is 0. The highest BCUT2D eigenvalue weighted by molar-refractivity contribution is 7.93. The van der Waals surface area contributed by atoms with Crippen molar-refractivity contribution in [2.45, 2.75) is 26.5 Å². The van der Waals surface area contributed by atoms with Crippen LogP contribution in [0.3, 0.4) is 0 Å². The van der Waals surface area contributed by atoms with Crippen LogP contribution < -0.4 is 4.90 Å². The van der Waals surface area contributed by atoms with E-state index in [-0.39, 0.29) is 31.1 Å². The molecule has 0 amide bonds. The zero-order chi connectivity index (χ0) is 18.3. The molecular weight excluding hydrogens is 372 g/mol. The number of fused-ring (bicyclic) bond motifs is 4. The van der Waals surface area contributed by atoms with Crippen molar-refractivity contribution < 1.29 is 16.8 Å². The van der Waals surface area contributed by atoms with E-state index in [2.05, 4.69) is 4.98 Å². The maximum absolute atomic E-state index is 13.1. The Kier molecular flexibility index (Phi) is 2.82. The molecule has 26 heavy (non-hydrogen) atoms. The van der Waals surface area contributed by atoms with Gasteiger partial charge in [0, 0.05) is 6.20 Å². The van der Waals surface area contributed by atoms with Gasteiger partial charge in [0.15, 0.2) is 5.82 Å². The van der Waals surface area contributed by atoms with E-state index in [1.807, 2.05) is 6.92 Å². The zero-order valence-electron chi connectivity index (χ0n) is 13.5. The molecule has 0 spiro atoms. The molecule has 0 saturated heterocycles. The van der Waals surface area contributed by atoms with Crippen molar-refractivity contribution in [1.82, 2.24) is 4.98 Å². The molecule has 0 atom stereocenters.